The minimum absolute atomic E-state index is 0.219. The molecule has 3 rings (SSSR count). The Bertz CT molecular complexity index is 617. The molecule has 0 unspecified atom stereocenters. The van der Waals surface area contributed by atoms with E-state index in [1.807, 2.05) is 13.0 Å². The first-order chi connectivity index (χ1) is 10.9. The van der Waals surface area contributed by atoms with Gasteiger partial charge in [-0.25, -0.2) is 4.79 Å². The van der Waals surface area contributed by atoms with Gasteiger partial charge in [0.1, 0.15) is 18.3 Å². The number of hydrogen-bond donors (Lipinski definition) is 0. The van der Waals surface area contributed by atoms with Gasteiger partial charge in [-0.3, -0.25) is 9.59 Å². The fraction of sp³-hybridized carbons (Fsp3) is 0.588. The summed E-state index contributed by atoms with van der Waals surface area (Å²) in [5.74, 6) is -1.75. The lowest BCUT2D eigenvalue weighted by atomic mass is 9.83. The minimum Gasteiger partial charge on any atom is -0.461 e. The number of fused-ring (bicyclic) bond motifs is 3. The monoisotopic (exact) mass is 320 g/mol. The van der Waals surface area contributed by atoms with E-state index in [0.717, 1.165) is 5.57 Å². The van der Waals surface area contributed by atoms with Gasteiger partial charge in [0.25, 0.3) is 0 Å². The second-order valence-electron chi connectivity index (χ2n) is 6.42. The van der Waals surface area contributed by atoms with Gasteiger partial charge in [0.2, 0.25) is 0 Å². The fourth-order valence-electron chi connectivity index (χ4n) is 3.53. The second kappa shape index (κ2) is 5.83. The molecule has 0 aromatic heterocycles. The lowest BCUT2D eigenvalue weighted by Gasteiger charge is -2.24. The summed E-state index contributed by atoms with van der Waals surface area (Å²) in [6.45, 7) is 5.05. The van der Waals surface area contributed by atoms with E-state index in [4.69, 9.17) is 14.2 Å². The molecular weight excluding hydrogens is 300 g/mol. The smallest absolute Gasteiger partial charge is 0.338 e. The van der Waals surface area contributed by atoms with Crippen molar-refractivity contribution < 1.29 is 28.6 Å². The van der Waals surface area contributed by atoms with Crippen molar-refractivity contribution in [2.45, 2.75) is 51.9 Å². The summed E-state index contributed by atoms with van der Waals surface area (Å²) in [4.78, 5) is 35.5. The van der Waals surface area contributed by atoms with Gasteiger partial charge < -0.3 is 14.2 Å². The van der Waals surface area contributed by atoms with Gasteiger partial charge in [-0.2, -0.15) is 0 Å². The van der Waals surface area contributed by atoms with Crippen LogP contribution < -0.4 is 0 Å². The zero-order valence-corrected chi connectivity index (χ0v) is 13.4. The van der Waals surface area contributed by atoms with Crippen molar-refractivity contribution in [1.82, 2.24) is 0 Å². The molecule has 6 nitrogen and oxygen atoms in total. The van der Waals surface area contributed by atoms with Crippen molar-refractivity contribution in [2.24, 2.45) is 11.8 Å². The van der Waals surface area contributed by atoms with Gasteiger partial charge in [0, 0.05) is 19.8 Å². The standard InChI is InChI=1S/C17H20O6/c1-8-4-5-12(21-10(3)18)11-7-14(23-17(11)20)15-9(2)16(19)22-13(15)6-8/h4,7,9,12-15H,5-6H2,1-3H3/b8-4+/t9-,12+,13+,14-,15-/m1/s1. The fourth-order valence-corrected chi connectivity index (χ4v) is 3.53. The van der Waals surface area contributed by atoms with Crippen LogP contribution in [0.2, 0.25) is 0 Å². The summed E-state index contributed by atoms with van der Waals surface area (Å²) in [6, 6.07) is 0. The van der Waals surface area contributed by atoms with E-state index >= 15 is 0 Å². The third-order valence-corrected chi connectivity index (χ3v) is 4.71. The Kier molecular flexibility index (Phi) is 4.00. The maximum Gasteiger partial charge on any atom is 0.338 e. The van der Waals surface area contributed by atoms with Crippen LogP contribution in [0.4, 0.5) is 0 Å². The molecule has 0 amide bonds. The van der Waals surface area contributed by atoms with E-state index in [1.165, 1.54) is 6.92 Å². The summed E-state index contributed by atoms with van der Waals surface area (Å²) in [5, 5.41) is 0. The number of carbonyl (C=O) groups is 3. The minimum atomic E-state index is -0.648. The first-order valence-corrected chi connectivity index (χ1v) is 7.83. The molecule has 2 heterocycles. The summed E-state index contributed by atoms with van der Waals surface area (Å²) >= 11 is 0. The number of rotatable bonds is 1. The number of ether oxygens (including phenoxy) is 3. The van der Waals surface area contributed by atoms with Crippen LogP contribution in [0, 0.1) is 11.8 Å². The summed E-state index contributed by atoms with van der Waals surface area (Å²) < 4.78 is 16.2. The Morgan fingerprint density at radius 3 is 2.74 bits per heavy atom. The lowest BCUT2D eigenvalue weighted by Crippen LogP contribution is -2.32. The summed E-state index contributed by atoms with van der Waals surface area (Å²) in [7, 11) is 0. The van der Waals surface area contributed by atoms with E-state index in [2.05, 4.69) is 0 Å². The highest BCUT2D eigenvalue weighted by molar-refractivity contribution is 5.92. The van der Waals surface area contributed by atoms with Gasteiger partial charge >= 0.3 is 17.9 Å². The van der Waals surface area contributed by atoms with E-state index in [0.29, 0.717) is 18.4 Å². The quantitative estimate of drug-likeness (QED) is 0.415. The van der Waals surface area contributed by atoms with Crippen molar-refractivity contribution in [3.05, 3.63) is 23.3 Å². The Balaban J connectivity index is 1.98. The zero-order chi connectivity index (χ0) is 16.7. The van der Waals surface area contributed by atoms with Crippen molar-refractivity contribution in [3.8, 4) is 0 Å². The molecule has 0 aromatic rings. The average molecular weight is 320 g/mol. The highest BCUT2D eigenvalue weighted by atomic mass is 16.6. The van der Waals surface area contributed by atoms with E-state index < -0.39 is 24.1 Å². The Morgan fingerprint density at radius 2 is 2.04 bits per heavy atom. The maximum atomic E-state index is 12.2. The van der Waals surface area contributed by atoms with Crippen LogP contribution in [0.3, 0.4) is 0 Å². The first kappa shape index (κ1) is 15.8. The molecule has 1 aliphatic carbocycles. The van der Waals surface area contributed by atoms with Gasteiger partial charge in [-0.1, -0.05) is 18.6 Å². The molecule has 0 aromatic carbocycles. The van der Waals surface area contributed by atoms with Crippen LogP contribution in [-0.4, -0.2) is 36.2 Å². The molecule has 2 aliphatic heterocycles. The molecule has 6 heteroatoms. The van der Waals surface area contributed by atoms with Crippen molar-refractivity contribution in [2.75, 3.05) is 0 Å². The molecule has 5 atom stereocenters. The molecule has 2 bridgehead atoms. The number of hydrogen-bond acceptors (Lipinski definition) is 6. The van der Waals surface area contributed by atoms with Crippen LogP contribution in [0.1, 0.15) is 33.6 Å². The first-order valence-electron chi connectivity index (χ1n) is 7.83. The number of esters is 3. The van der Waals surface area contributed by atoms with Crippen LogP contribution in [-0.2, 0) is 28.6 Å². The molecule has 0 saturated carbocycles. The molecule has 124 valence electrons. The maximum absolute atomic E-state index is 12.2. The Labute approximate surface area is 134 Å². The normalized spacial score (nSPS) is 38.7. The molecule has 0 N–H and O–H groups in total. The third kappa shape index (κ3) is 2.90. The Morgan fingerprint density at radius 1 is 1.30 bits per heavy atom. The third-order valence-electron chi connectivity index (χ3n) is 4.71. The largest absolute Gasteiger partial charge is 0.461 e. The molecule has 23 heavy (non-hydrogen) atoms. The molecule has 1 saturated heterocycles. The molecule has 0 spiro atoms. The molecular formula is C17H20O6. The predicted molar refractivity (Wildman–Crippen MR) is 79.0 cm³/mol. The van der Waals surface area contributed by atoms with Gasteiger partial charge in [0.05, 0.1) is 17.4 Å². The topological polar surface area (TPSA) is 78.9 Å². The van der Waals surface area contributed by atoms with Gasteiger partial charge in [-0.15, -0.1) is 0 Å². The van der Waals surface area contributed by atoms with Crippen LogP contribution in [0.25, 0.3) is 0 Å². The summed E-state index contributed by atoms with van der Waals surface area (Å²) in [6.07, 6.45) is 3.14. The van der Waals surface area contributed by atoms with Crippen molar-refractivity contribution >= 4 is 17.9 Å². The SMILES string of the molecule is CC(=O)O[C@H]1C/C=C(\C)C[C@@H]2OC(=O)[C@H](C)[C@H]2[C@H]2C=C1C(=O)O2. The van der Waals surface area contributed by atoms with E-state index in [1.54, 1.807) is 13.0 Å². The average Bonchev–Trinajstić information content (AvgIpc) is 2.95. The van der Waals surface area contributed by atoms with Gasteiger partial charge in [0.15, 0.2) is 0 Å². The van der Waals surface area contributed by atoms with Crippen LogP contribution in [0.5, 0.6) is 0 Å². The zero-order valence-electron chi connectivity index (χ0n) is 13.4. The highest BCUT2D eigenvalue weighted by Gasteiger charge is 2.49. The predicted octanol–water partition coefficient (Wildman–Crippen LogP) is 1.69. The summed E-state index contributed by atoms with van der Waals surface area (Å²) in [5.41, 5.74) is 1.38. The van der Waals surface area contributed by atoms with Crippen LogP contribution in [0.15, 0.2) is 23.3 Å². The molecule has 0 radical (unpaired) electrons. The molecule has 3 aliphatic rings. The number of carbonyl (C=O) groups excluding carboxylic acids is 3. The Hall–Kier alpha value is -2.11. The van der Waals surface area contributed by atoms with Crippen molar-refractivity contribution in [3.63, 3.8) is 0 Å². The second-order valence-corrected chi connectivity index (χ2v) is 6.42. The van der Waals surface area contributed by atoms with Crippen LogP contribution >= 0.6 is 0 Å². The van der Waals surface area contributed by atoms with Gasteiger partial charge in [-0.05, 0) is 13.0 Å². The molecule has 1 fully saturated rings. The van der Waals surface area contributed by atoms with Crippen molar-refractivity contribution in [1.29, 1.82) is 0 Å². The highest BCUT2D eigenvalue weighted by Crippen LogP contribution is 2.40. The lowest BCUT2D eigenvalue weighted by molar-refractivity contribution is -0.148. The van der Waals surface area contributed by atoms with E-state index in [9.17, 15) is 14.4 Å². The van der Waals surface area contributed by atoms with E-state index in [-0.39, 0.29) is 23.9 Å².